The lowest BCUT2D eigenvalue weighted by atomic mass is 9.96. The third-order valence-corrected chi connectivity index (χ3v) is 3.49. The van der Waals surface area contributed by atoms with Crippen LogP contribution in [0.4, 0.5) is 0 Å². The molecular weight excluding hydrogens is 270 g/mol. The number of benzene rings is 1. The normalized spacial score (nSPS) is 17.3. The predicted molar refractivity (Wildman–Crippen MR) is 76.3 cm³/mol. The van der Waals surface area contributed by atoms with Crippen LogP contribution in [-0.4, -0.2) is 37.0 Å². The van der Waals surface area contributed by atoms with E-state index in [9.17, 15) is 0 Å². The van der Waals surface area contributed by atoms with Gasteiger partial charge in [-0.3, -0.25) is 0 Å². The molecule has 1 N–H and O–H groups in total. The largest absolute Gasteiger partial charge is 0.493 e. The van der Waals surface area contributed by atoms with Gasteiger partial charge in [-0.1, -0.05) is 23.4 Å². The van der Waals surface area contributed by atoms with Gasteiger partial charge in [0, 0.05) is 13.7 Å². The van der Waals surface area contributed by atoms with Crippen LogP contribution in [0.25, 0.3) is 0 Å². The first-order valence-electron chi connectivity index (χ1n) is 7.09. The second kappa shape index (κ2) is 6.69. The van der Waals surface area contributed by atoms with Gasteiger partial charge in [-0.15, -0.1) is 0 Å². The van der Waals surface area contributed by atoms with Crippen LogP contribution in [0.2, 0.25) is 0 Å². The standard InChI is InChI=1S/C15H19N3O3/c1-19-7-6-16-9-14-17-15(18-21-14)12-8-11-4-2-3-5-13(11)20-10-12/h2-5,12,16H,6-10H2,1H3. The smallest absolute Gasteiger partial charge is 0.240 e. The van der Waals surface area contributed by atoms with Gasteiger partial charge in [0.2, 0.25) is 5.89 Å². The molecule has 0 bridgehead atoms. The molecule has 1 atom stereocenters. The van der Waals surface area contributed by atoms with Crippen LogP contribution in [0.3, 0.4) is 0 Å². The zero-order valence-electron chi connectivity index (χ0n) is 12.0. The Hall–Kier alpha value is -1.92. The summed E-state index contributed by atoms with van der Waals surface area (Å²) in [5.74, 6) is 2.42. The second-order valence-corrected chi connectivity index (χ2v) is 5.04. The molecule has 1 aromatic carbocycles. The van der Waals surface area contributed by atoms with Gasteiger partial charge in [-0.05, 0) is 18.1 Å². The van der Waals surface area contributed by atoms with Crippen LogP contribution >= 0.6 is 0 Å². The number of nitrogens with zero attached hydrogens (tertiary/aromatic N) is 2. The first-order valence-corrected chi connectivity index (χ1v) is 7.09. The highest BCUT2D eigenvalue weighted by molar-refractivity contribution is 5.36. The van der Waals surface area contributed by atoms with Gasteiger partial charge >= 0.3 is 0 Å². The molecule has 0 fully saturated rings. The van der Waals surface area contributed by atoms with Crippen LogP contribution in [0.1, 0.15) is 23.2 Å². The van der Waals surface area contributed by atoms with E-state index in [4.69, 9.17) is 14.0 Å². The Balaban J connectivity index is 1.59. The molecule has 1 unspecified atom stereocenters. The topological polar surface area (TPSA) is 69.4 Å². The average Bonchev–Trinajstić information content (AvgIpc) is 3.00. The summed E-state index contributed by atoms with van der Waals surface area (Å²) in [4.78, 5) is 4.44. The highest BCUT2D eigenvalue weighted by Gasteiger charge is 2.25. The van der Waals surface area contributed by atoms with Crippen LogP contribution in [0.15, 0.2) is 28.8 Å². The zero-order chi connectivity index (χ0) is 14.5. The molecular formula is C15H19N3O3. The minimum atomic E-state index is 0.149. The fourth-order valence-corrected chi connectivity index (χ4v) is 2.37. The summed E-state index contributed by atoms with van der Waals surface area (Å²) in [5.41, 5.74) is 1.19. The van der Waals surface area contributed by atoms with Crippen molar-refractivity contribution >= 4 is 0 Å². The fraction of sp³-hybridized carbons (Fsp3) is 0.467. The van der Waals surface area contributed by atoms with E-state index < -0.39 is 0 Å². The number of methoxy groups -OCH3 is 1. The van der Waals surface area contributed by atoms with Crippen molar-refractivity contribution < 1.29 is 14.0 Å². The van der Waals surface area contributed by atoms with Gasteiger partial charge in [0.05, 0.1) is 25.7 Å². The molecule has 1 aliphatic rings. The van der Waals surface area contributed by atoms with Crippen molar-refractivity contribution in [2.24, 2.45) is 0 Å². The minimum Gasteiger partial charge on any atom is -0.493 e. The van der Waals surface area contributed by atoms with Crippen LogP contribution in [0, 0.1) is 0 Å². The summed E-state index contributed by atoms with van der Waals surface area (Å²) in [7, 11) is 1.67. The Morgan fingerprint density at radius 2 is 2.29 bits per heavy atom. The van der Waals surface area contributed by atoms with Crippen LogP contribution in [0.5, 0.6) is 5.75 Å². The van der Waals surface area contributed by atoms with Crippen molar-refractivity contribution in [3.05, 3.63) is 41.5 Å². The van der Waals surface area contributed by atoms with Gasteiger partial charge in [-0.2, -0.15) is 4.98 Å². The van der Waals surface area contributed by atoms with Gasteiger partial charge in [0.15, 0.2) is 5.82 Å². The number of fused-ring (bicyclic) bond motifs is 1. The van der Waals surface area contributed by atoms with Gasteiger partial charge in [0.1, 0.15) is 5.75 Å². The van der Waals surface area contributed by atoms with Crippen LogP contribution < -0.4 is 10.1 Å². The highest BCUT2D eigenvalue weighted by atomic mass is 16.5. The Morgan fingerprint density at radius 1 is 1.38 bits per heavy atom. The Kier molecular flexibility index (Phi) is 4.47. The Morgan fingerprint density at radius 3 is 3.19 bits per heavy atom. The first kappa shape index (κ1) is 14.0. The maximum absolute atomic E-state index is 5.76. The lowest BCUT2D eigenvalue weighted by molar-refractivity contribution is 0.197. The monoisotopic (exact) mass is 289 g/mol. The lowest BCUT2D eigenvalue weighted by Gasteiger charge is -2.22. The number of nitrogens with one attached hydrogen (secondary N) is 1. The molecule has 0 saturated carbocycles. The molecule has 0 saturated heterocycles. The van der Waals surface area contributed by atoms with Crippen LogP contribution in [-0.2, 0) is 17.7 Å². The fourth-order valence-electron chi connectivity index (χ4n) is 2.37. The molecule has 2 heterocycles. The summed E-state index contributed by atoms with van der Waals surface area (Å²) in [6, 6.07) is 8.07. The van der Waals surface area contributed by atoms with Crippen molar-refractivity contribution in [3.63, 3.8) is 0 Å². The zero-order valence-corrected chi connectivity index (χ0v) is 12.0. The molecule has 0 radical (unpaired) electrons. The molecule has 112 valence electrons. The molecule has 2 aromatic rings. The van der Waals surface area contributed by atoms with Gasteiger partial charge in [-0.25, -0.2) is 0 Å². The van der Waals surface area contributed by atoms with Crippen molar-refractivity contribution in [2.45, 2.75) is 18.9 Å². The summed E-state index contributed by atoms with van der Waals surface area (Å²) < 4.78 is 16.0. The molecule has 6 nitrogen and oxygen atoms in total. The maximum atomic E-state index is 5.76. The maximum Gasteiger partial charge on any atom is 0.240 e. The third-order valence-electron chi connectivity index (χ3n) is 3.49. The molecule has 1 aromatic heterocycles. The molecule has 1 aliphatic heterocycles. The molecule has 0 spiro atoms. The van der Waals surface area contributed by atoms with Crippen molar-refractivity contribution in [1.82, 2.24) is 15.5 Å². The van der Waals surface area contributed by atoms with E-state index in [2.05, 4.69) is 21.5 Å². The first-order chi connectivity index (χ1) is 10.4. The van der Waals surface area contributed by atoms with E-state index in [1.807, 2.05) is 18.2 Å². The van der Waals surface area contributed by atoms with Crippen molar-refractivity contribution in [2.75, 3.05) is 26.9 Å². The predicted octanol–water partition coefficient (Wildman–Crippen LogP) is 1.52. The van der Waals surface area contributed by atoms with Crippen molar-refractivity contribution in [3.8, 4) is 5.75 Å². The number of hydrogen-bond acceptors (Lipinski definition) is 6. The quantitative estimate of drug-likeness (QED) is 0.813. The number of rotatable bonds is 6. The molecule has 21 heavy (non-hydrogen) atoms. The van der Waals surface area contributed by atoms with E-state index in [1.165, 1.54) is 5.56 Å². The summed E-state index contributed by atoms with van der Waals surface area (Å²) in [6.45, 7) is 2.57. The molecule has 6 heteroatoms. The summed E-state index contributed by atoms with van der Waals surface area (Å²) >= 11 is 0. The third kappa shape index (κ3) is 3.40. The SMILES string of the molecule is COCCNCc1nc(C2COc3ccccc3C2)no1. The highest BCUT2D eigenvalue weighted by Crippen LogP contribution is 2.30. The van der Waals surface area contributed by atoms with E-state index in [1.54, 1.807) is 7.11 Å². The number of para-hydroxylation sites is 1. The number of aromatic nitrogens is 2. The Labute approximate surface area is 123 Å². The second-order valence-electron chi connectivity index (χ2n) is 5.04. The van der Waals surface area contributed by atoms with Gasteiger partial charge < -0.3 is 19.3 Å². The number of ether oxygens (including phenoxy) is 2. The number of hydrogen-bond donors (Lipinski definition) is 1. The van der Waals surface area contributed by atoms with E-state index >= 15 is 0 Å². The summed E-state index contributed by atoms with van der Waals surface area (Å²) in [6.07, 6.45) is 0.881. The molecule has 0 amide bonds. The van der Waals surface area contributed by atoms with E-state index in [-0.39, 0.29) is 5.92 Å². The minimum absolute atomic E-state index is 0.149. The average molecular weight is 289 g/mol. The summed E-state index contributed by atoms with van der Waals surface area (Å²) in [5, 5.41) is 7.26. The molecule has 3 rings (SSSR count). The van der Waals surface area contributed by atoms with E-state index in [0.717, 1.165) is 18.7 Å². The lowest BCUT2D eigenvalue weighted by Crippen LogP contribution is -2.21. The van der Waals surface area contributed by atoms with Crippen molar-refractivity contribution in [1.29, 1.82) is 0 Å². The van der Waals surface area contributed by atoms with Gasteiger partial charge in [0.25, 0.3) is 0 Å². The van der Waals surface area contributed by atoms with E-state index in [0.29, 0.717) is 31.5 Å². The molecule has 0 aliphatic carbocycles. The Bertz CT molecular complexity index is 585.